The van der Waals surface area contributed by atoms with Crippen LogP contribution >= 0.6 is 8.46 Å². The standard InChI is InChI=1S/C16H29N2O5P/c1-6-21-16(22-7-2)15(24-20,17-10-8-9-11-17)12-18(16)13(19)23-14(3,4)5/h6-12H2,1-5H3. The van der Waals surface area contributed by atoms with E-state index in [-0.39, 0.29) is 15.0 Å². The Morgan fingerprint density at radius 1 is 1.12 bits per heavy atom. The molecule has 0 aromatic carbocycles. The van der Waals surface area contributed by atoms with Crippen molar-refractivity contribution < 1.29 is 23.6 Å². The number of carbonyl (C=O) groups excluding carboxylic acids is 1. The van der Waals surface area contributed by atoms with Crippen molar-refractivity contribution in [1.29, 1.82) is 0 Å². The second-order valence-corrected chi connectivity index (χ2v) is 8.04. The van der Waals surface area contributed by atoms with Gasteiger partial charge in [-0.2, -0.15) is 0 Å². The minimum absolute atomic E-state index is 0.102. The average molecular weight is 360 g/mol. The Morgan fingerprint density at radius 3 is 2.08 bits per heavy atom. The van der Waals surface area contributed by atoms with Crippen molar-refractivity contribution in [2.24, 2.45) is 0 Å². The maximum Gasteiger partial charge on any atom is 0.414 e. The van der Waals surface area contributed by atoms with Crippen LogP contribution in [-0.2, 0) is 18.8 Å². The predicted molar refractivity (Wildman–Crippen MR) is 90.1 cm³/mol. The first-order valence-corrected chi connectivity index (χ1v) is 9.45. The van der Waals surface area contributed by atoms with Gasteiger partial charge in [-0.15, -0.1) is 0 Å². The molecule has 0 spiro atoms. The molecule has 1 amide bonds. The van der Waals surface area contributed by atoms with Gasteiger partial charge in [0.05, 0.1) is 6.54 Å². The highest BCUT2D eigenvalue weighted by atomic mass is 31.1. The van der Waals surface area contributed by atoms with E-state index in [0.717, 1.165) is 25.9 Å². The summed E-state index contributed by atoms with van der Waals surface area (Å²) in [6, 6.07) is 0. The molecule has 7 nitrogen and oxygen atoms in total. The van der Waals surface area contributed by atoms with Gasteiger partial charge in [-0.25, -0.2) is 4.79 Å². The average Bonchev–Trinajstić information content (AvgIpc) is 2.99. The highest BCUT2D eigenvalue weighted by molar-refractivity contribution is 7.26. The number of likely N-dealkylation sites (tertiary alicyclic amines) is 2. The molecule has 2 rings (SSSR count). The molecule has 1 unspecified atom stereocenters. The second kappa shape index (κ2) is 7.24. The van der Waals surface area contributed by atoms with Crippen LogP contribution in [-0.4, -0.2) is 65.5 Å². The van der Waals surface area contributed by atoms with Crippen molar-refractivity contribution in [2.75, 3.05) is 32.8 Å². The van der Waals surface area contributed by atoms with Crippen LogP contribution in [0.15, 0.2) is 0 Å². The summed E-state index contributed by atoms with van der Waals surface area (Å²) >= 11 is 0. The zero-order valence-corrected chi connectivity index (χ0v) is 16.2. The molecule has 0 aliphatic carbocycles. The monoisotopic (exact) mass is 360 g/mol. The van der Waals surface area contributed by atoms with Crippen molar-refractivity contribution in [3.05, 3.63) is 0 Å². The topological polar surface area (TPSA) is 68.3 Å². The van der Waals surface area contributed by atoms with Crippen LogP contribution in [0.25, 0.3) is 0 Å². The number of rotatable bonds is 6. The molecule has 24 heavy (non-hydrogen) atoms. The van der Waals surface area contributed by atoms with Crippen molar-refractivity contribution in [2.45, 2.75) is 64.3 Å². The molecule has 8 heteroatoms. The summed E-state index contributed by atoms with van der Waals surface area (Å²) in [6.07, 6.45) is 1.57. The van der Waals surface area contributed by atoms with Gasteiger partial charge in [-0.3, -0.25) is 14.4 Å². The van der Waals surface area contributed by atoms with Crippen LogP contribution in [0.1, 0.15) is 47.5 Å². The molecule has 2 aliphatic rings. The van der Waals surface area contributed by atoms with E-state index in [1.165, 1.54) is 4.90 Å². The Balaban J connectivity index is 2.36. The van der Waals surface area contributed by atoms with E-state index in [2.05, 4.69) is 4.90 Å². The Hall–Kier alpha value is -0.750. The third kappa shape index (κ3) is 3.19. The third-order valence-electron chi connectivity index (χ3n) is 4.31. The van der Waals surface area contributed by atoms with Crippen molar-refractivity contribution in [3.63, 3.8) is 0 Å². The number of hydrogen-bond donors (Lipinski definition) is 0. The molecule has 2 saturated heterocycles. The van der Waals surface area contributed by atoms with Gasteiger partial charge in [0.15, 0.2) is 13.7 Å². The molecule has 0 aromatic rings. The van der Waals surface area contributed by atoms with Crippen molar-refractivity contribution >= 4 is 14.6 Å². The van der Waals surface area contributed by atoms with E-state index in [4.69, 9.17) is 14.2 Å². The maximum absolute atomic E-state index is 12.6. The SMILES string of the molecule is CCOC1(OCC)N(C(=O)OC(C)(C)C)CC1(P=O)N1CCCC1. The molecular formula is C16H29N2O5P. The lowest BCUT2D eigenvalue weighted by molar-refractivity contribution is -0.391. The Kier molecular flexibility index (Phi) is 5.91. The normalized spacial score (nSPS) is 27.3. The molecule has 2 fully saturated rings. The summed E-state index contributed by atoms with van der Waals surface area (Å²) in [4.78, 5) is 16.2. The lowest BCUT2D eigenvalue weighted by atomic mass is 9.99. The van der Waals surface area contributed by atoms with E-state index in [1.807, 2.05) is 34.6 Å². The summed E-state index contributed by atoms with van der Waals surface area (Å²) < 4.78 is 29.6. The van der Waals surface area contributed by atoms with Crippen molar-refractivity contribution in [1.82, 2.24) is 9.80 Å². The van der Waals surface area contributed by atoms with Gasteiger partial charge in [0.1, 0.15) is 5.60 Å². The predicted octanol–water partition coefficient (Wildman–Crippen LogP) is 3.05. The number of hydrogen-bond acceptors (Lipinski definition) is 6. The zero-order valence-electron chi connectivity index (χ0n) is 15.3. The first-order valence-electron chi connectivity index (χ1n) is 8.64. The minimum Gasteiger partial charge on any atom is -0.444 e. The number of carbonyl (C=O) groups is 1. The van der Waals surface area contributed by atoms with Gasteiger partial charge in [0.25, 0.3) is 5.91 Å². The highest BCUT2D eigenvalue weighted by Gasteiger charge is 2.74. The molecule has 138 valence electrons. The summed E-state index contributed by atoms with van der Waals surface area (Å²) in [5, 5.41) is -0.883. The summed E-state index contributed by atoms with van der Waals surface area (Å²) in [7, 11) is -0.102. The molecule has 1 atom stereocenters. The second-order valence-electron chi connectivity index (χ2n) is 7.12. The molecule has 2 heterocycles. The first-order chi connectivity index (χ1) is 11.3. The van der Waals surface area contributed by atoms with Gasteiger partial charge in [0, 0.05) is 13.2 Å². The largest absolute Gasteiger partial charge is 0.444 e. The van der Waals surface area contributed by atoms with Crippen LogP contribution in [0.3, 0.4) is 0 Å². The summed E-state index contributed by atoms with van der Waals surface area (Å²) in [5.74, 6) is -1.38. The van der Waals surface area contributed by atoms with Gasteiger partial charge >= 0.3 is 6.09 Å². The van der Waals surface area contributed by atoms with E-state index >= 15 is 0 Å². The number of amides is 1. The van der Waals surface area contributed by atoms with Crippen LogP contribution < -0.4 is 0 Å². The Labute approximate surface area is 145 Å². The fourth-order valence-corrected chi connectivity index (χ4v) is 4.28. The van der Waals surface area contributed by atoms with Gasteiger partial charge < -0.3 is 14.2 Å². The smallest absolute Gasteiger partial charge is 0.414 e. The van der Waals surface area contributed by atoms with E-state index in [1.54, 1.807) is 0 Å². The zero-order chi connectivity index (χ0) is 18.0. The van der Waals surface area contributed by atoms with E-state index in [0.29, 0.717) is 13.2 Å². The van der Waals surface area contributed by atoms with Crippen LogP contribution in [0.2, 0.25) is 0 Å². The fourth-order valence-electron chi connectivity index (χ4n) is 3.40. The van der Waals surface area contributed by atoms with Gasteiger partial charge in [-0.1, -0.05) is 0 Å². The van der Waals surface area contributed by atoms with E-state index in [9.17, 15) is 9.36 Å². The molecule has 0 aromatic heterocycles. The van der Waals surface area contributed by atoms with Crippen LogP contribution in [0, 0.1) is 0 Å². The van der Waals surface area contributed by atoms with Crippen LogP contribution in [0.5, 0.6) is 0 Å². The maximum atomic E-state index is 12.6. The fraction of sp³-hybridized carbons (Fsp3) is 0.938. The highest BCUT2D eigenvalue weighted by Crippen LogP contribution is 2.54. The van der Waals surface area contributed by atoms with Crippen LogP contribution in [0.4, 0.5) is 4.79 Å². The Morgan fingerprint density at radius 2 is 1.67 bits per heavy atom. The molecule has 2 aliphatic heterocycles. The minimum atomic E-state index is -1.38. The Bertz CT molecular complexity index is 470. The molecule has 0 bridgehead atoms. The van der Waals surface area contributed by atoms with Crippen molar-refractivity contribution in [3.8, 4) is 0 Å². The lowest BCUT2D eigenvalue weighted by Crippen LogP contribution is -2.84. The molecular weight excluding hydrogens is 331 g/mol. The molecule has 0 radical (unpaired) electrons. The molecule has 0 N–H and O–H groups in total. The van der Waals surface area contributed by atoms with E-state index < -0.39 is 22.9 Å². The van der Waals surface area contributed by atoms with Gasteiger partial charge in [0.2, 0.25) is 0 Å². The number of nitrogens with zero attached hydrogens (tertiary/aromatic N) is 2. The molecule has 0 saturated carbocycles. The van der Waals surface area contributed by atoms with Gasteiger partial charge in [-0.05, 0) is 60.5 Å². The first kappa shape index (κ1) is 19.6. The third-order valence-corrected chi connectivity index (χ3v) is 5.32. The summed E-state index contributed by atoms with van der Waals surface area (Å²) in [6.45, 7) is 11.7. The number of ether oxygens (including phenoxy) is 3. The quantitative estimate of drug-likeness (QED) is 0.536. The summed E-state index contributed by atoms with van der Waals surface area (Å²) in [5.41, 5.74) is -0.623. The lowest BCUT2D eigenvalue weighted by Gasteiger charge is -2.62.